The molecule has 0 spiro atoms. The number of hydrogen-bond acceptors (Lipinski definition) is 5. The van der Waals surface area contributed by atoms with E-state index < -0.39 is 11.9 Å². The highest BCUT2D eigenvalue weighted by Crippen LogP contribution is 2.10. The Labute approximate surface area is 119 Å². The summed E-state index contributed by atoms with van der Waals surface area (Å²) in [6, 6.07) is 8.40. The molecule has 0 saturated carbocycles. The molecule has 0 fully saturated rings. The van der Waals surface area contributed by atoms with Crippen LogP contribution in [0.5, 0.6) is 5.75 Å². The lowest BCUT2D eigenvalue weighted by atomic mass is 10.1. The van der Waals surface area contributed by atoms with E-state index >= 15 is 0 Å². The molecule has 7 heteroatoms. The number of carbonyl (C=O) groups excluding carboxylic acids is 1. The van der Waals surface area contributed by atoms with Crippen LogP contribution in [0.4, 0.5) is 0 Å². The summed E-state index contributed by atoms with van der Waals surface area (Å²) in [6.45, 7) is 0. The van der Waals surface area contributed by atoms with E-state index in [0.29, 0.717) is 5.56 Å². The molecule has 1 amide bonds. The summed E-state index contributed by atoms with van der Waals surface area (Å²) in [5.41, 5.74) is 2.40. The molecule has 0 bridgehead atoms. The summed E-state index contributed by atoms with van der Waals surface area (Å²) in [4.78, 5) is 26.7. The number of aliphatic carboxylic acids is 1. The lowest BCUT2D eigenvalue weighted by molar-refractivity contribution is -0.129. The van der Waals surface area contributed by atoms with Gasteiger partial charge in [0.25, 0.3) is 5.91 Å². The van der Waals surface area contributed by atoms with Crippen LogP contribution in [0.3, 0.4) is 0 Å². The minimum Gasteiger partial charge on any atom is -0.508 e. The topological polar surface area (TPSA) is 112 Å². The number of aromatic hydroxyl groups is 1. The molecule has 0 saturated heterocycles. The fourth-order valence-electron chi connectivity index (χ4n) is 1.53. The lowest BCUT2D eigenvalue weighted by Gasteiger charge is -2.03. The Balaban J connectivity index is 2.21. The second-order valence-electron chi connectivity index (χ2n) is 3.99. The summed E-state index contributed by atoms with van der Waals surface area (Å²) in [6.07, 6.45) is 2.88. The quantitative estimate of drug-likeness (QED) is 0.573. The van der Waals surface area contributed by atoms with Gasteiger partial charge in [-0.05, 0) is 36.4 Å². The number of nitrogens with one attached hydrogen (secondary N) is 1. The SMILES string of the molecule is O=C(O)C(=NNC(=O)c1ccncc1)c1ccc(O)cc1. The third kappa shape index (κ3) is 3.63. The van der Waals surface area contributed by atoms with Gasteiger partial charge in [0, 0.05) is 23.5 Å². The summed E-state index contributed by atoms with van der Waals surface area (Å²) in [5.74, 6) is -1.84. The first-order valence-electron chi connectivity index (χ1n) is 5.88. The number of phenolic OH excluding ortho intramolecular Hbond substituents is 1. The van der Waals surface area contributed by atoms with E-state index in [9.17, 15) is 14.7 Å². The lowest BCUT2D eigenvalue weighted by Crippen LogP contribution is -2.24. The first-order valence-corrected chi connectivity index (χ1v) is 5.88. The van der Waals surface area contributed by atoms with Crippen molar-refractivity contribution >= 4 is 17.6 Å². The summed E-state index contributed by atoms with van der Waals surface area (Å²) in [5, 5.41) is 21.9. The van der Waals surface area contributed by atoms with Crippen molar-refractivity contribution in [3.63, 3.8) is 0 Å². The Kier molecular flexibility index (Phi) is 4.25. The number of hydrazone groups is 1. The van der Waals surface area contributed by atoms with Gasteiger partial charge in [-0.15, -0.1) is 0 Å². The van der Waals surface area contributed by atoms with E-state index in [1.54, 1.807) is 0 Å². The van der Waals surface area contributed by atoms with Crippen molar-refractivity contribution in [3.05, 3.63) is 59.9 Å². The molecular weight excluding hydrogens is 274 g/mol. The molecule has 0 aliphatic carbocycles. The molecule has 0 aliphatic heterocycles. The zero-order valence-corrected chi connectivity index (χ0v) is 10.7. The van der Waals surface area contributed by atoms with Gasteiger partial charge in [-0.25, -0.2) is 10.2 Å². The predicted molar refractivity (Wildman–Crippen MR) is 74.0 cm³/mol. The molecule has 0 unspecified atom stereocenters. The number of aromatic nitrogens is 1. The third-order valence-corrected chi connectivity index (χ3v) is 2.56. The maximum atomic E-state index is 11.8. The fraction of sp³-hybridized carbons (Fsp3) is 0. The van der Waals surface area contributed by atoms with Crippen molar-refractivity contribution < 1.29 is 19.8 Å². The van der Waals surface area contributed by atoms with Gasteiger partial charge in [-0.3, -0.25) is 9.78 Å². The minimum absolute atomic E-state index is 0.00399. The average molecular weight is 285 g/mol. The second-order valence-corrected chi connectivity index (χ2v) is 3.99. The number of nitrogens with zero attached hydrogens (tertiary/aromatic N) is 2. The van der Waals surface area contributed by atoms with E-state index in [2.05, 4.69) is 15.5 Å². The van der Waals surface area contributed by atoms with Crippen LogP contribution < -0.4 is 5.43 Å². The molecule has 2 aromatic rings. The smallest absolute Gasteiger partial charge is 0.356 e. The number of benzene rings is 1. The second kappa shape index (κ2) is 6.29. The summed E-state index contributed by atoms with van der Waals surface area (Å²) >= 11 is 0. The third-order valence-electron chi connectivity index (χ3n) is 2.56. The van der Waals surface area contributed by atoms with E-state index in [0.717, 1.165) is 0 Å². The standard InChI is InChI=1S/C14H11N3O4/c18-11-3-1-9(2-4-11)12(14(20)21)16-17-13(19)10-5-7-15-8-6-10/h1-8,18H,(H,17,19)(H,20,21). The molecule has 2 rings (SSSR count). The van der Waals surface area contributed by atoms with Crippen LogP contribution in [0.15, 0.2) is 53.9 Å². The van der Waals surface area contributed by atoms with Crippen molar-refractivity contribution in [2.45, 2.75) is 0 Å². The molecular formula is C14H11N3O4. The van der Waals surface area contributed by atoms with Crippen molar-refractivity contribution in [3.8, 4) is 5.75 Å². The molecule has 1 aromatic carbocycles. The Morgan fingerprint density at radius 2 is 1.62 bits per heavy atom. The Bertz CT molecular complexity index is 681. The van der Waals surface area contributed by atoms with Gasteiger partial charge in [0.2, 0.25) is 0 Å². The van der Waals surface area contributed by atoms with Gasteiger partial charge in [-0.2, -0.15) is 5.10 Å². The van der Waals surface area contributed by atoms with Gasteiger partial charge in [0.15, 0.2) is 5.71 Å². The van der Waals surface area contributed by atoms with Crippen molar-refractivity contribution in [1.29, 1.82) is 0 Å². The van der Waals surface area contributed by atoms with Crippen LogP contribution >= 0.6 is 0 Å². The largest absolute Gasteiger partial charge is 0.508 e. The van der Waals surface area contributed by atoms with Gasteiger partial charge >= 0.3 is 5.97 Å². The van der Waals surface area contributed by atoms with Gasteiger partial charge in [-0.1, -0.05) is 0 Å². The zero-order chi connectivity index (χ0) is 15.2. The molecule has 21 heavy (non-hydrogen) atoms. The molecule has 1 aromatic heterocycles. The number of carboxylic acid groups (broad SMARTS) is 1. The highest BCUT2D eigenvalue weighted by molar-refractivity contribution is 6.42. The molecule has 0 atom stereocenters. The van der Waals surface area contributed by atoms with E-state index in [4.69, 9.17) is 5.11 Å². The van der Waals surface area contributed by atoms with Crippen LogP contribution in [0.2, 0.25) is 0 Å². The van der Waals surface area contributed by atoms with Crippen molar-refractivity contribution in [2.24, 2.45) is 5.10 Å². The number of phenols is 1. The molecule has 1 heterocycles. The fourth-order valence-corrected chi connectivity index (χ4v) is 1.53. The molecule has 3 N–H and O–H groups in total. The number of carboxylic acids is 1. The van der Waals surface area contributed by atoms with Gasteiger partial charge in [0.1, 0.15) is 5.75 Å². The van der Waals surface area contributed by atoms with E-state index in [-0.39, 0.29) is 17.0 Å². The van der Waals surface area contributed by atoms with Crippen molar-refractivity contribution in [1.82, 2.24) is 10.4 Å². The van der Waals surface area contributed by atoms with E-state index in [1.165, 1.54) is 48.8 Å². The van der Waals surface area contributed by atoms with Crippen LogP contribution in [-0.4, -0.2) is 32.8 Å². The molecule has 7 nitrogen and oxygen atoms in total. The number of pyridine rings is 1. The van der Waals surface area contributed by atoms with Gasteiger partial charge in [0.05, 0.1) is 0 Å². The van der Waals surface area contributed by atoms with E-state index in [1.807, 2.05) is 0 Å². The minimum atomic E-state index is -1.30. The average Bonchev–Trinajstić information content (AvgIpc) is 2.49. The number of hydrogen-bond donors (Lipinski definition) is 3. The Morgan fingerprint density at radius 3 is 2.19 bits per heavy atom. The van der Waals surface area contributed by atoms with Crippen LogP contribution in [0.25, 0.3) is 0 Å². The summed E-state index contributed by atoms with van der Waals surface area (Å²) in [7, 11) is 0. The highest BCUT2D eigenvalue weighted by atomic mass is 16.4. The Morgan fingerprint density at radius 1 is 1.00 bits per heavy atom. The number of amides is 1. The van der Waals surface area contributed by atoms with Crippen LogP contribution in [0, 0.1) is 0 Å². The van der Waals surface area contributed by atoms with Crippen LogP contribution in [-0.2, 0) is 4.79 Å². The number of carbonyl (C=O) groups is 2. The van der Waals surface area contributed by atoms with Crippen LogP contribution in [0.1, 0.15) is 15.9 Å². The molecule has 0 aliphatic rings. The first-order chi connectivity index (χ1) is 10.1. The monoisotopic (exact) mass is 285 g/mol. The number of rotatable bonds is 4. The van der Waals surface area contributed by atoms with Crippen molar-refractivity contribution in [2.75, 3.05) is 0 Å². The zero-order valence-electron chi connectivity index (χ0n) is 10.7. The molecule has 106 valence electrons. The predicted octanol–water partition coefficient (Wildman–Crippen LogP) is 1.01. The maximum absolute atomic E-state index is 11.8. The van der Waals surface area contributed by atoms with Gasteiger partial charge < -0.3 is 10.2 Å². The normalized spacial score (nSPS) is 11.0. The Hall–Kier alpha value is -3.22. The maximum Gasteiger partial charge on any atom is 0.356 e. The first kappa shape index (κ1) is 14.2. The molecule has 0 radical (unpaired) electrons. The highest BCUT2D eigenvalue weighted by Gasteiger charge is 2.14. The summed E-state index contributed by atoms with van der Waals surface area (Å²) < 4.78 is 0.